The first-order chi connectivity index (χ1) is 8.63. The van der Waals surface area contributed by atoms with Gasteiger partial charge in [0.25, 0.3) is 5.91 Å². The smallest absolute Gasteiger partial charge is 0.256 e. The number of nitrogens with zero attached hydrogens (tertiary/aromatic N) is 1. The van der Waals surface area contributed by atoms with Crippen LogP contribution in [0.5, 0.6) is 0 Å². The molecule has 1 amide bonds. The number of carbonyl (C=O) groups excluding carboxylic acids is 1. The lowest BCUT2D eigenvalue weighted by atomic mass is 10.1. The van der Waals surface area contributed by atoms with Crippen LogP contribution in [0, 0.1) is 0 Å². The molecule has 18 heavy (non-hydrogen) atoms. The van der Waals surface area contributed by atoms with Crippen molar-refractivity contribution in [3.05, 3.63) is 28.8 Å². The van der Waals surface area contributed by atoms with Gasteiger partial charge in [-0.1, -0.05) is 24.6 Å². The van der Waals surface area contributed by atoms with Gasteiger partial charge in [0.2, 0.25) is 0 Å². The van der Waals surface area contributed by atoms with Crippen LogP contribution in [-0.2, 0) is 4.74 Å². The molecule has 1 aromatic rings. The van der Waals surface area contributed by atoms with Crippen LogP contribution < -0.4 is 5.73 Å². The summed E-state index contributed by atoms with van der Waals surface area (Å²) in [4.78, 5) is 14.1. The first-order valence-electron chi connectivity index (χ1n) is 6.08. The zero-order valence-corrected chi connectivity index (χ0v) is 11.1. The second-order valence-electron chi connectivity index (χ2n) is 4.35. The number of para-hydroxylation sites is 1. The van der Waals surface area contributed by atoms with Gasteiger partial charge in [-0.05, 0) is 18.6 Å². The van der Waals surface area contributed by atoms with Crippen molar-refractivity contribution in [3.63, 3.8) is 0 Å². The molecule has 0 aliphatic carbocycles. The van der Waals surface area contributed by atoms with E-state index >= 15 is 0 Å². The van der Waals surface area contributed by atoms with Gasteiger partial charge < -0.3 is 15.4 Å². The van der Waals surface area contributed by atoms with Crippen molar-refractivity contribution in [1.29, 1.82) is 0 Å². The quantitative estimate of drug-likeness (QED) is 0.837. The molecule has 1 atom stereocenters. The minimum absolute atomic E-state index is 0.0725. The lowest BCUT2D eigenvalue weighted by Gasteiger charge is -2.32. The Morgan fingerprint density at radius 1 is 1.61 bits per heavy atom. The van der Waals surface area contributed by atoms with E-state index in [2.05, 4.69) is 0 Å². The van der Waals surface area contributed by atoms with Gasteiger partial charge in [-0.2, -0.15) is 0 Å². The van der Waals surface area contributed by atoms with Gasteiger partial charge in [0.15, 0.2) is 0 Å². The maximum atomic E-state index is 12.4. The molecule has 1 unspecified atom stereocenters. The lowest BCUT2D eigenvalue weighted by Crippen LogP contribution is -2.45. The normalized spacial score (nSPS) is 19.9. The molecule has 0 spiro atoms. The van der Waals surface area contributed by atoms with Crippen molar-refractivity contribution in [2.75, 3.05) is 25.4 Å². The Labute approximate surface area is 112 Å². The molecule has 98 valence electrons. The fraction of sp³-hybridized carbons (Fsp3) is 0.462. The maximum absolute atomic E-state index is 12.4. The first kappa shape index (κ1) is 13.2. The highest BCUT2D eigenvalue weighted by Gasteiger charge is 2.25. The third kappa shape index (κ3) is 2.60. The molecule has 0 saturated carbocycles. The van der Waals surface area contributed by atoms with Crippen LogP contribution in [0.4, 0.5) is 5.69 Å². The number of amides is 1. The van der Waals surface area contributed by atoms with E-state index in [1.54, 1.807) is 23.1 Å². The van der Waals surface area contributed by atoms with Crippen molar-refractivity contribution in [2.45, 2.75) is 19.4 Å². The Hall–Kier alpha value is -1.26. The zero-order chi connectivity index (χ0) is 13.1. The van der Waals surface area contributed by atoms with E-state index in [9.17, 15) is 4.79 Å². The molecule has 1 aliphatic heterocycles. The van der Waals surface area contributed by atoms with Crippen LogP contribution in [0.3, 0.4) is 0 Å². The molecule has 1 aromatic carbocycles. The van der Waals surface area contributed by atoms with Crippen LogP contribution in [0.2, 0.25) is 5.02 Å². The average molecular weight is 269 g/mol. The third-order valence-corrected chi connectivity index (χ3v) is 3.49. The Morgan fingerprint density at radius 3 is 3.11 bits per heavy atom. The van der Waals surface area contributed by atoms with Crippen LogP contribution >= 0.6 is 11.6 Å². The third-order valence-electron chi connectivity index (χ3n) is 3.16. The monoisotopic (exact) mass is 268 g/mol. The molecule has 1 saturated heterocycles. The topological polar surface area (TPSA) is 55.6 Å². The molecular formula is C13H17ClN2O2. The molecule has 5 heteroatoms. The fourth-order valence-corrected chi connectivity index (χ4v) is 2.22. The lowest BCUT2D eigenvalue weighted by molar-refractivity contribution is -0.0225. The number of morpholine rings is 1. The summed E-state index contributed by atoms with van der Waals surface area (Å²) in [6.45, 7) is 3.83. The van der Waals surface area contributed by atoms with Gasteiger partial charge in [0.05, 0.1) is 29.0 Å². The second-order valence-corrected chi connectivity index (χ2v) is 4.76. The molecule has 0 aromatic heterocycles. The summed E-state index contributed by atoms with van der Waals surface area (Å²) in [6.07, 6.45) is 1.01. The van der Waals surface area contributed by atoms with E-state index < -0.39 is 0 Å². The number of benzene rings is 1. The maximum Gasteiger partial charge on any atom is 0.256 e. The number of anilines is 1. The highest BCUT2D eigenvalue weighted by atomic mass is 35.5. The number of nitrogens with two attached hydrogens (primary N) is 1. The standard InChI is InChI=1S/C13H17ClN2O2/c1-2-9-8-16(6-7-18-9)13(17)10-4-3-5-11(14)12(10)15/h3-5,9H,2,6-8,15H2,1H3. The fourth-order valence-electron chi connectivity index (χ4n) is 2.04. The number of ether oxygens (including phenoxy) is 1. The average Bonchev–Trinajstić information content (AvgIpc) is 2.41. The molecule has 4 nitrogen and oxygen atoms in total. The van der Waals surface area contributed by atoms with Crippen molar-refractivity contribution in [1.82, 2.24) is 4.90 Å². The summed E-state index contributed by atoms with van der Waals surface area (Å²) in [7, 11) is 0. The Kier molecular flexibility index (Phi) is 4.09. The molecule has 1 aliphatic rings. The molecule has 1 heterocycles. The number of carbonyl (C=O) groups is 1. The number of nitrogen functional groups attached to an aromatic ring is 1. The van der Waals surface area contributed by atoms with E-state index in [0.717, 1.165) is 6.42 Å². The summed E-state index contributed by atoms with van der Waals surface area (Å²) in [6, 6.07) is 5.13. The van der Waals surface area contributed by atoms with Gasteiger partial charge in [0, 0.05) is 13.1 Å². The molecular weight excluding hydrogens is 252 g/mol. The van der Waals surface area contributed by atoms with E-state index in [1.807, 2.05) is 6.92 Å². The van der Waals surface area contributed by atoms with E-state index in [4.69, 9.17) is 22.1 Å². The van der Waals surface area contributed by atoms with Crippen LogP contribution in [0.1, 0.15) is 23.7 Å². The Bertz CT molecular complexity index is 451. The summed E-state index contributed by atoms with van der Waals surface area (Å²) in [5, 5.41) is 0.418. The van der Waals surface area contributed by atoms with Crippen LogP contribution in [0.25, 0.3) is 0 Å². The predicted molar refractivity (Wildman–Crippen MR) is 71.8 cm³/mol. The Morgan fingerprint density at radius 2 is 2.39 bits per heavy atom. The van der Waals surface area contributed by atoms with Crippen LogP contribution in [-0.4, -0.2) is 36.6 Å². The summed E-state index contributed by atoms with van der Waals surface area (Å²) in [5.41, 5.74) is 6.67. The summed E-state index contributed by atoms with van der Waals surface area (Å²) in [5.74, 6) is -0.0725. The van der Waals surface area contributed by atoms with Gasteiger partial charge in [-0.25, -0.2) is 0 Å². The van der Waals surface area contributed by atoms with Crippen molar-refractivity contribution < 1.29 is 9.53 Å². The summed E-state index contributed by atoms with van der Waals surface area (Å²) >= 11 is 5.93. The molecule has 0 radical (unpaired) electrons. The van der Waals surface area contributed by atoms with Crippen molar-refractivity contribution in [2.24, 2.45) is 0 Å². The molecule has 0 bridgehead atoms. The van der Waals surface area contributed by atoms with Gasteiger partial charge >= 0.3 is 0 Å². The number of hydrogen-bond donors (Lipinski definition) is 1. The highest BCUT2D eigenvalue weighted by molar-refractivity contribution is 6.33. The number of halogens is 1. The Balaban J connectivity index is 2.18. The van der Waals surface area contributed by atoms with Crippen LogP contribution in [0.15, 0.2) is 18.2 Å². The molecule has 1 fully saturated rings. The van der Waals surface area contributed by atoms with Gasteiger partial charge in [-0.3, -0.25) is 4.79 Å². The largest absolute Gasteiger partial charge is 0.397 e. The predicted octanol–water partition coefficient (Wildman–Crippen LogP) is 2.17. The minimum Gasteiger partial charge on any atom is -0.397 e. The van der Waals surface area contributed by atoms with Gasteiger partial charge in [0.1, 0.15) is 0 Å². The van der Waals surface area contributed by atoms with Crippen molar-refractivity contribution in [3.8, 4) is 0 Å². The minimum atomic E-state index is -0.0725. The number of rotatable bonds is 2. The SMILES string of the molecule is CCC1CN(C(=O)c2cccc(Cl)c2N)CCO1. The van der Waals surface area contributed by atoms with E-state index in [0.29, 0.717) is 36.0 Å². The molecule has 2 rings (SSSR count). The second kappa shape index (κ2) is 5.59. The van der Waals surface area contributed by atoms with E-state index in [-0.39, 0.29) is 12.0 Å². The van der Waals surface area contributed by atoms with Crippen molar-refractivity contribution >= 4 is 23.2 Å². The zero-order valence-electron chi connectivity index (χ0n) is 10.4. The first-order valence-corrected chi connectivity index (χ1v) is 6.46. The highest BCUT2D eigenvalue weighted by Crippen LogP contribution is 2.24. The van der Waals surface area contributed by atoms with E-state index in [1.165, 1.54) is 0 Å². The molecule has 2 N–H and O–H groups in total. The van der Waals surface area contributed by atoms with Gasteiger partial charge in [-0.15, -0.1) is 0 Å². The summed E-state index contributed by atoms with van der Waals surface area (Å²) < 4.78 is 5.55. The number of hydrogen-bond acceptors (Lipinski definition) is 3.